The third kappa shape index (κ3) is 7.62. The molecule has 182 valence electrons. The third-order valence-electron chi connectivity index (χ3n) is 6.44. The molecule has 1 aromatic carbocycles. The Labute approximate surface area is 197 Å². The molecule has 0 saturated carbocycles. The summed E-state index contributed by atoms with van der Waals surface area (Å²) < 4.78 is 10.9. The minimum absolute atomic E-state index is 0.0473. The lowest BCUT2D eigenvalue weighted by molar-refractivity contribution is -0.131. The summed E-state index contributed by atoms with van der Waals surface area (Å²) in [5.41, 5.74) is 2.30. The molecule has 2 amide bonds. The summed E-state index contributed by atoms with van der Waals surface area (Å²) in [6, 6.07) is 5.44. The van der Waals surface area contributed by atoms with Gasteiger partial charge in [0.25, 0.3) is 5.91 Å². The molecule has 0 aliphatic carbocycles. The standard InChI is InChI=1S/C25H38N4O4/c1-18-5-6-20(14-23(18)33-12-4-11-32-3)25(31)28-22-16-27-15-21(22)17-29(2)24(30)13-19-7-9-26-10-8-19/h5-6,14,19,21,26-27H,4,7-13,15-17H2,1-3H3/t21-/m0/s1. The molecule has 1 aromatic rings. The van der Waals surface area contributed by atoms with E-state index in [1.165, 1.54) is 0 Å². The van der Waals surface area contributed by atoms with Gasteiger partial charge in [-0.25, -0.2) is 4.99 Å². The lowest BCUT2D eigenvalue weighted by Gasteiger charge is -2.26. The first-order valence-corrected chi connectivity index (χ1v) is 12.0. The van der Waals surface area contributed by atoms with E-state index in [0.29, 0.717) is 50.0 Å². The largest absolute Gasteiger partial charge is 0.493 e. The molecule has 0 spiro atoms. The quantitative estimate of drug-likeness (QED) is 0.522. The molecule has 2 aliphatic heterocycles. The Hall–Kier alpha value is -2.29. The van der Waals surface area contributed by atoms with Crippen LogP contribution < -0.4 is 15.4 Å². The molecular formula is C25H38N4O4. The number of benzene rings is 1. The highest BCUT2D eigenvalue weighted by Crippen LogP contribution is 2.21. The van der Waals surface area contributed by atoms with Crippen molar-refractivity contribution in [2.75, 3.05) is 60.1 Å². The molecule has 33 heavy (non-hydrogen) atoms. The second kappa shape index (κ2) is 12.8. The molecule has 1 atom stereocenters. The van der Waals surface area contributed by atoms with E-state index < -0.39 is 0 Å². The monoisotopic (exact) mass is 458 g/mol. The molecular weight excluding hydrogens is 420 g/mol. The molecule has 0 aromatic heterocycles. The summed E-state index contributed by atoms with van der Waals surface area (Å²) in [4.78, 5) is 31.8. The first kappa shape index (κ1) is 25.3. The first-order valence-electron chi connectivity index (χ1n) is 12.0. The van der Waals surface area contributed by atoms with Gasteiger partial charge in [-0.1, -0.05) is 6.07 Å². The molecule has 2 fully saturated rings. The lowest BCUT2D eigenvalue weighted by atomic mass is 9.94. The summed E-state index contributed by atoms with van der Waals surface area (Å²) in [5, 5.41) is 6.64. The van der Waals surface area contributed by atoms with Crippen LogP contribution >= 0.6 is 0 Å². The van der Waals surface area contributed by atoms with Gasteiger partial charge < -0.3 is 25.0 Å². The highest BCUT2D eigenvalue weighted by atomic mass is 16.5. The molecule has 2 aliphatic rings. The van der Waals surface area contributed by atoms with Gasteiger partial charge in [0.1, 0.15) is 5.75 Å². The molecule has 8 heteroatoms. The molecule has 2 heterocycles. The fraction of sp³-hybridized carbons (Fsp3) is 0.640. The lowest BCUT2D eigenvalue weighted by Crippen LogP contribution is -2.37. The van der Waals surface area contributed by atoms with Crippen LogP contribution in [0.2, 0.25) is 0 Å². The Kier molecular flexibility index (Phi) is 9.84. The third-order valence-corrected chi connectivity index (χ3v) is 6.44. The summed E-state index contributed by atoms with van der Waals surface area (Å²) in [6.07, 6.45) is 3.49. The number of hydrogen-bond acceptors (Lipinski definition) is 6. The minimum atomic E-state index is -0.274. The van der Waals surface area contributed by atoms with Crippen LogP contribution in [-0.2, 0) is 9.53 Å². The second-order valence-corrected chi connectivity index (χ2v) is 9.08. The Bertz CT molecular complexity index is 836. The van der Waals surface area contributed by atoms with Crippen molar-refractivity contribution < 1.29 is 19.1 Å². The van der Waals surface area contributed by atoms with Crippen LogP contribution in [0, 0.1) is 18.8 Å². The number of piperidine rings is 1. The van der Waals surface area contributed by atoms with E-state index in [1.807, 2.05) is 20.0 Å². The van der Waals surface area contributed by atoms with Crippen LogP contribution in [-0.4, -0.2) is 82.5 Å². The Balaban J connectivity index is 1.58. The molecule has 2 N–H and O–H groups in total. The number of methoxy groups -OCH3 is 1. The first-order chi connectivity index (χ1) is 16.0. The van der Waals surface area contributed by atoms with Crippen molar-refractivity contribution in [2.24, 2.45) is 16.8 Å². The second-order valence-electron chi connectivity index (χ2n) is 9.08. The number of ether oxygens (including phenoxy) is 2. The van der Waals surface area contributed by atoms with Crippen LogP contribution in [0.5, 0.6) is 5.75 Å². The van der Waals surface area contributed by atoms with Gasteiger partial charge in [-0.3, -0.25) is 9.59 Å². The highest BCUT2D eigenvalue weighted by molar-refractivity contribution is 6.06. The number of aliphatic imine (C=N–C) groups is 1. The maximum Gasteiger partial charge on any atom is 0.277 e. The summed E-state index contributed by atoms with van der Waals surface area (Å²) in [5.74, 6) is 1.11. The maximum absolute atomic E-state index is 12.9. The summed E-state index contributed by atoms with van der Waals surface area (Å²) in [6.45, 7) is 6.97. The van der Waals surface area contributed by atoms with Crippen molar-refractivity contribution >= 4 is 17.5 Å². The average Bonchev–Trinajstić information content (AvgIpc) is 3.24. The van der Waals surface area contributed by atoms with Crippen molar-refractivity contribution in [3.05, 3.63) is 29.3 Å². The van der Waals surface area contributed by atoms with Gasteiger partial charge in [0, 0.05) is 70.4 Å². The molecule has 3 rings (SSSR count). The van der Waals surface area contributed by atoms with Crippen LogP contribution in [0.3, 0.4) is 0 Å². The molecule has 0 bridgehead atoms. The van der Waals surface area contributed by atoms with Crippen molar-refractivity contribution in [3.8, 4) is 5.75 Å². The van der Waals surface area contributed by atoms with Crippen LogP contribution in [0.4, 0.5) is 0 Å². The molecule has 0 radical (unpaired) electrons. The zero-order valence-corrected chi connectivity index (χ0v) is 20.2. The fourth-order valence-corrected chi connectivity index (χ4v) is 4.33. The van der Waals surface area contributed by atoms with Crippen molar-refractivity contribution in [3.63, 3.8) is 0 Å². The van der Waals surface area contributed by atoms with E-state index >= 15 is 0 Å². The fourth-order valence-electron chi connectivity index (χ4n) is 4.33. The summed E-state index contributed by atoms with van der Waals surface area (Å²) >= 11 is 0. The van der Waals surface area contributed by atoms with E-state index in [1.54, 1.807) is 24.1 Å². The van der Waals surface area contributed by atoms with Gasteiger partial charge in [0.15, 0.2) is 0 Å². The van der Waals surface area contributed by atoms with E-state index in [-0.39, 0.29) is 17.7 Å². The highest BCUT2D eigenvalue weighted by Gasteiger charge is 2.27. The van der Waals surface area contributed by atoms with Crippen LogP contribution in [0.1, 0.15) is 41.6 Å². The van der Waals surface area contributed by atoms with E-state index in [9.17, 15) is 9.59 Å². The zero-order valence-electron chi connectivity index (χ0n) is 20.2. The topological polar surface area (TPSA) is 92.3 Å². The van der Waals surface area contributed by atoms with Crippen LogP contribution in [0.15, 0.2) is 23.2 Å². The summed E-state index contributed by atoms with van der Waals surface area (Å²) in [7, 11) is 3.52. The van der Waals surface area contributed by atoms with Crippen LogP contribution in [0.25, 0.3) is 0 Å². The smallest absolute Gasteiger partial charge is 0.277 e. The number of nitrogens with one attached hydrogen (secondary N) is 2. The normalized spacial score (nSPS) is 20.2. The maximum atomic E-state index is 12.9. The van der Waals surface area contributed by atoms with Gasteiger partial charge in [-0.15, -0.1) is 0 Å². The molecule has 0 unspecified atom stereocenters. The van der Waals surface area contributed by atoms with Gasteiger partial charge in [0.2, 0.25) is 5.91 Å². The van der Waals surface area contributed by atoms with E-state index in [4.69, 9.17) is 9.47 Å². The Morgan fingerprint density at radius 3 is 2.73 bits per heavy atom. The minimum Gasteiger partial charge on any atom is -0.493 e. The average molecular weight is 459 g/mol. The van der Waals surface area contributed by atoms with Crippen molar-refractivity contribution in [2.45, 2.75) is 32.6 Å². The number of nitrogens with zero attached hydrogens (tertiary/aromatic N) is 2. The van der Waals surface area contributed by atoms with Gasteiger partial charge in [-0.05, 0) is 56.5 Å². The number of hydrogen-bond donors (Lipinski definition) is 2. The number of aryl methyl sites for hydroxylation is 1. The predicted octanol–water partition coefficient (Wildman–Crippen LogP) is 2.06. The van der Waals surface area contributed by atoms with Crippen molar-refractivity contribution in [1.82, 2.24) is 15.5 Å². The molecule has 8 nitrogen and oxygen atoms in total. The Morgan fingerprint density at radius 2 is 1.97 bits per heavy atom. The zero-order chi connectivity index (χ0) is 23.6. The van der Waals surface area contributed by atoms with Gasteiger partial charge >= 0.3 is 0 Å². The number of rotatable bonds is 10. The van der Waals surface area contributed by atoms with Crippen molar-refractivity contribution in [1.29, 1.82) is 0 Å². The number of amides is 2. The SMILES string of the molecule is COCCCOc1cc(C(=O)N=C2CNC[C@H]2CN(C)C(=O)CC2CCNCC2)ccc1C. The van der Waals surface area contributed by atoms with E-state index in [0.717, 1.165) is 50.2 Å². The number of carbonyl (C=O) groups is 2. The number of carbonyl (C=O) groups excluding carboxylic acids is 2. The Morgan fingerprint density at radius 1 is 1.18 bits per heavy atom. The molecule has 2 saturated heterocycles. The van der Waals surface area contributed by atoms with Gasteiger partial charge in [0.05, 0.1) is 6.61 Å². The van der Waals surface area contributed by atoms with Gasteiger partial charge in [-0.2, -0.15) is 0 Å². The predicted molar refractivity (Wildman–Crippen MR) is 129 cm³/mol. The van der Waals surface area contributed by atoms with E-state index in [2.05, 4.69) is 15.6 Å².